The van der Waals surface area contributed by atoms with Gasteiger partial charge in [-0.3, -0.25) is 10.3 Å². The first-order valence-corrected chi connectivity index (χ1v) is 2.61. The van der Waals surface area contributed by atoms with Gasteiger partial charge in [-0.25, -0.2) is 4.79 Å². The second kappa shape index (κ2) is 1.93. The van der Waals surface area contributed by atoms with E-state index in [4.69, 9.17) is 11.1 Å². The average Bonchev–Trinajstić information content (AvgIpc) is 2.13. The Morgan fingerprint density at radius 3 is 2.78 bits per heavy atom. The largest absolute Gasteiger partial charge is 0.370 e. The van der Waals surface area contributed by atoms with Crippen LogP contribution in [0.1, 0.15) is 0 Å². The van der Waals surface area contributed by atoms with Gasteiger partial charge < -0.3 is 11.1 Å². The van der Waals surface area contributed by atoms with Gasteiger partial charge in [-0.05, 0) is 0 Å². The standard InChI is InChI=1S/C4H8N4O/c5-3(6)8-2-1-7-4(8)9/h1-2H2,(H3,5,6)(H,7,9). The van der Waals surface area contributed by atoms with E-state index in [2.05, 4.69) is 5.32 Å². The molecule has 5 nitrogen and oxygen atoms in total. The van der Waals surface area contributed by atoms with Crippen molar-refractivity contribution < 1.29 is 4.79 Å². The number of guanidine groups is 1. The maximum Gasteiger partial charge on any atom is 0.324 e. The lowest BCUT2D eigenvalue weighted by atomic mass is 10.6. The van der Waals surface area contributed by atoms with Crippen molar-refractivity contribution in [2.45, 2.75) is 0 Å². The molecule has 1 heterocycles. The van der Waals surface area contributed by atoms with Crippen LogP contribution in [-0.4, -0.2) is 30.0 Å². The van der Waals surface area contributed by atoms with Crippen LogP contribution in [-0.2, 0) is 0 Å². The number of nitrogens with two attached hydrogens (primary N) is 1. The summed E-state index contributed by atoms with van der Waals surface area (Å²) in [6.07, 6.45) is 0. The Balaban J connectivity index is 2.60. The van der Waals surface area contributed by atoms with E-state index in [0.29, 0.717) is 13.1 Å². The first kappa shape index (κ1) is 5.87. The minimum absolute atomic E-state index is 0.190. The fourth-order valence-electron chi connectivity index (χ4n) is 0.701. The Hall–Kier alpha value is -1.26. The van der Waals surface area contributed by atoms with Gasteiger partial charge in [0.2, 0.25) is 0 Å². The SMILES string of the molecule is N=C(N)N1CCNC1=O. The second-order valence-electron chi connectivity index (χ2n) is 1.77. The van der Waals surface area contributed by atoms with Gasteiger partial charge in [0.25, 0.3) is 0 Å². The summed E-state index contributed by atoms with van der Waals surface area (Å²) in [6.45, 7) is 1.09. The van der Waals surface area contributed by atoms with Gasteiger partial charge in [0.15, 0.2) is 5.96 Å². The number of urea groups is 1. The van der Waals surface area contributed by atoms with Crippen LogP contribution >= 0.6 is 0 Å². The first-order chi connectivity index (χ1) is 4.22. The molecule has 1 aliphatic rings. The molecule has 50 valence electrons. The van der Waals surface area contributed by atoms with Gasteiger partial charge in [0.05, 0.1) is 0 Å². The topological polar surface area (TPSA) is 82.2 Å². The molecule has 2 amide bonds. The van der Waals surface area contributed by atoms with E-state index < -0.39 is 0 Å². The van der Waals surface area contributed by atoms with E-state index in [-0.39, 0.29) is 12.0 Å². The number of nitrogens with zero attached hydrogens (tertiary/aromatic N) is 1. The molecule has 0 unspecified atom stereocenters. The molecule has 1 fully saturated rings. The molecule has 0 atom stereocenters. The molecule has 0 aromatic carbocycles. The summed E-state index contributed by atoms with van der Waals surface area (Å²) in [5, 5.41) is 9.38. The van der Waals surface area contributed by atoms with E-state index in [0.717, 1.165) is 0 Å². The highest BCUT2D eigenvalue weighted by Gasteiger charge is 2.20. The number of rotatable bonds is 0. The van der Waals surface area contributed by atoms with Crippen molar-refractivity contribution in [3.63, 3.8) is 0 Å². The summed E-state index contributed by atoms with van der Waals surface area (Å²) < 4.78 is 0. The van der Waals surface area contributed by atoms with Crippen LogP contribution in [0.15, 0.2) is 0 Å². The van der Waals surface area contributed by atoms with Gasteiger partial charge >= 0.3 is 6.03 Å². The molecule has 1 aliphatic heterocycles. The summed E-state index contributed by atoms with van der Waals surface area (Å²) in [4.78, 5) is 11.8. The van der Waals surface area contributed by atoms with Gasteiger partial charge in [-0.15, -0.1) is 0 Å². The lowest BCUT2D eigenvalue weighted by molar-refractivity contribution is 0.234. The van der Waals surface area contributed by atoms with Crippen LogP contribution in [0, 0.1) is 5.41 Å². The summed E-state index contributed by atoms with van der Waals surface area (Å²) in [5.74, 6) is -0.190. The van der Waals surface area contributed by atoms with Crippen LogP contribution in [0.3, 0.4) is 0 Å². The fraction of sp³-hybridized carbons (Fsp3) is 0.500. The summed E-state index contributed by atoms with van der Waals surface area (Å²) in [7, 11) is 0. The van der Waals surface area contributed by atoms with Crippen molar-refractivity contribution in [2.24, 2.45) is 5.73 Å². The Morgan fingerprint density at radius 2 is 2.56 bits per heavy atom. The zero-order valence-electron chi connectivity index (χ0n) is 4.85. The predicted molar refractivity (Wildman–Crippen MR) is 32.0 cm³/mol. The zero-order chi connectivity index (χ0) is 6.85. The number of hydrogen-bond donors (Lipinski definition) is 3. The van der Waals surface area contributed by atoms with Gasteiger partial charge in [0, 0.05) is 13.1 Å². The third-order valence-corrected chi connectivity index (χ3v) is 1.15. The number of carbonyl (C=O) groups is 1. The van der Waals surface area contributed by atoms with Gasteiger partial charge in [-0.2, -0.15) is 0 Å². The molecular formula is C4H8N4O. The van der Waals surface area contributed by atoms with Crippen molar-refractivity contribution in [1.82, 2.24) is 10.2 Å². The van der Waals surface area contributed by atoms with Crippen LogP contribution in [0.25, 0.3) is 0 Å². The number of nitrogens with one attached hydrogen (secondary N) is 2. The van der Waals surface area contributed by atoms with E-state index in [1.807, 2.05) is 0 Å². The molecule has 1 rings (SSSR count). The van der Waals surface area contributed by atoms with Crippen LogP contribution < -0.4 is 11.1 Å². The number of carbonyl (C=O) groups excluding carboxylic acids is 1. The summed E-state index contributed by atoms with van der Waals surface area (Å²) in [5.41, 5.74) is 5.04. The molecular weight excluding hydrogens is 120 g/mol. The van der Waals surface area contributed by atoms with Crippen molar-refractivity contribution >= 4 is 12.0 Å². The molecule has 0 spiro atoms. The van der Waals surface area contributed by atoms with Crippen LogP contribution in [0.4, 0.5) is 4.79 Å². The molecule has 0 aromatic rings. The average molecular weight is 128 g/mol. The second-order valence-corrected chi connectivity index (χ2v) is 1.77. The molecule has 9 heavy (non-hydrogen) atoms. The third-order valence-electron chi connectivity index (χ3n) is 1.15. The Labute approximate surface area is 52.3 Å². The quantitative estimate of drug-likeness (QED) is 0.286. The minimum Gasteiger partial charge on any atom is -0.370 e. The van der Waals surface area contributed by atoms with Gasteiger partial charge in [0.1, 0.15) is 0 Å². The first-order valence-electron chi connectivity index (χ1n) is 2.61. The smallest absolute Gasteiger partial charge is 0.324 e. The Kier molecular flexibility index (Phi) is 1.26. The third kappa shape index (κ3) is 0.933. The molecule has 1 saturated heterocycles. The van der Waals surface area contributed by atoms with Crippen molar-refractivity contribution in [3.8, 4) is 0 Å². The van der Waals surface area contributed by atoms with E-state index in [9.17, 15) is 4.79 Å². The Bertz CT molecular complexity index is 155. The zero-order valence-corrected chi connectivity index (χ0v) is 4.85. The van der Waals surface area contributed by atoms with Crippen molar-refractivity contribution in [2.75, 3.05) is 13.1 Å². The lowest BCUT2D eigenvalue weighted by Crippen LogP contribution is -2.38. The van der Waals surface area contributed by atoms with Gasteiger partial charge in [-0.1, -0.05) is 0 Å². The molecule has 0 bridgehead atoms. The highest BCUT2D eigenvalue weighted by molar-refractivity contribution is 5.95. The van der Waals surface area contributed by atoms with Crippen LogP contribution in [0.2, 0.25) is 0 Å². The number of hydrogen-bond acceptors (Lipinski definition) is 2. The van der Waals surface area contributed by atoms with E-state index in [1.54, 1.807) is 0 Å². The maximum atomic E-state index is 10.6. The van der Waals surface area contributed by atoms with E-state index in [1.165, 1.54) is 4.90 Å². The molecule has 0 radical (unpaired) electrons. The molecule has 0 aliphatic carbocycles. The fourth-order valence-corrected chi connectivity index (χ4v) is 0.701. The minimum atomic E-state index is -0.275. The van der Waals surface area contributed by atoms with Crippen molar-refractivity contribution in [1.29, 1.82) is 5.41 Å². The lowest BCUT2D eigenvalue weighted by Gasteiger charge is -2.08. The normalized spacial score (nSPS) is 17.8. The molecule has 0 aromatic heterocycles. The number of amides is 2. The summed E-state index contributed by atoms with van der Waals surface area (Å²) >= 11 is 0. The van der Waals surface area contributed by atoms with Crippen molar-refractivity contribution in [3.05, 3.63) is 0 Å². The van der Waals surface area contributed by atoms with E-state index >= 15 is 0 Å². The maximum absolute atomic E-state index is 10.6. The molecule has 4 N–H and O–H groups in total. The predicted octanol–water partition coefficient (Wildman–Crippen LogP) is -1.09. The van der Waals surface area contributed by atoms with Crippen LogP contribution in [0.5, 0.6) is 0 Å². The monoisotopic (exact) mass is 128 g/mol. The Morgan fingerprint density at radius 1 is 1.89 bits per heavy atom. The summed E-state index contributed by atoms with van der Waals surface area (Å²) in [6, 6.07) is -0.275. The highest BCUT2D eigenvalue weighted by Crippen LogP contribution is 1.92. The molecule has 5 heteroatoms. The molecule has 0 saturated carbocycles. The highest BCUT2D eigenvalue weighted by atomic mass is 16.2.